The van der Waals surface area contributed by atoms with Gasteiger partial charge in [-0.2, -0.15) is 0 Å². The number of hydrogen-bond donors (Lipinski definition) is 2. The smallest absolute Gasteiger partial charge is 0.248 e. The predicted molar refractivity (Wildman–Crippen MR) is 130 cm³/mol. The van der Waals surface area contributed by atoms with Crippen LogP contribution in [0.25, 0.3) is 0 Å². The van der Waals surface area contributed by atoms with E-state index < -0.39 is 17.7 Å². The Morgan fingerprint density at radius 1 is 1.03 bits per heavy atom. The van der Waals surface area contributed by atoms with Crippen molar-refractivity contribution in [1.29, 1.82) is 0 Å². The molecule has 2 aliphatic rings. The quantitative estimate of drug-likeness (QED) is 0.656. The topological polar surface area (TPSA) is 82.1 Å². The minimum atomic E-state index is -0.892. The Kier molecular flexibility index (Phi) is 7.24. The molecule has 0 radical (unpaired) electrons. The van der Waals surface area contributed by atoms with Gasteiger partial charge in [0.05, 0.1) is 6.10 Å². The molecule has 2 saturated heterocycles. The normalized spacial score (nSPS) is 21.6. The summed E-state index contributed by atoms with van der Waals surface area (Å²) in [5.74, 6) is 1.17. The molecular weight excluding hydrogens is 430 g/mol. The van der Waals surface area contributed by atoms with Crippen molar-refractivity contribution in [2.75, 3.05) is 19.6 Å². The van der Waals surface area contributed by atoms with Crippen LogP contribution in [0.5, 0.6) is 11.5 Å². The molecule has 2 atom stereocenters. The Labute approximate surface area is 201 Å². The summed E-state index contributed by atoms with van der Waals surface area (Å²) in [7, 11) is 0. The number of piperidine rings is 1. The highest BCUT2D eigenvalue weighted by molar-refractivity contribution is 6.00. The molecule has 0 unspecified atom stereocenters. The monoisotopic (exact) mass is 465 g/mol. The summed E-state index contributed by atoms with van der Waals surface area (Å²) in [6.07, 6.45) is 0.271. The van der Waals surface area contributed by atoms with E-state index in [9.17, 15) is 14.7 Å². The summed E-state index contributed by atoms with van der Waals surface area (Å²) >= 11 is 0. The number of amides is 2. The largest absolute Gasteiger partial charge is 0.457 e. The SMILES string of the molecule is CCN1C(=O)[C@@H]([C@H](O)C(C)C)NC(=O)C12CCN(Cc1ccc(Oc3ccccc3)cc1)CC2. The van der Waals surface area contributed by atoms with E-state index >= 15 is 0 Å². The number of benzene rings is 2. The van der Waals surface area contributed by atoms with Crippen LogP contribution in [-0.4, -0.2) is 64.0 Å². The fraction of sp³-hybridized carbons (Fsp3) is 0.481. The van der Waals surface area contributed by atoms with E-state index in [4.69, 9.17) is 4.74 Å². The first-order valence-corrected chi connectivity index (χ1v) is 12.2. The summed E-state index contributed by atoms with van der Waals surface area (Å²) in [6.45, 7) is 8.28. The zero-order valence-corrected chi connectivity index (χ0v) is 20.2. The molecule has 2 N–H and O–H groups in total. The lowest BCUT2D eigenvalue weighted by Gasteiger charge is -2.52. The molecule has 2 heterocycles. The third-order valence-corrected chi connectivity index (χ3v) is 7.09. The van der Waals surface area contributed by atoms with E-state index in [1.165, 1.54) is 5.56 Å². The Morgan fingerprint density at radius 2 is 1.65 bits per heavy atom. The molecule has 2 fully saturated rings. The number of carbonyl (C=O) groups is 2. The van der Waals surface area contributed by atoms with Gasteiger partial charge < -0.3 is 20.1 Å². The van der Waals surface area contributed by atoms with Crippen molar-refractivity contribution in [3.05, 3.63) is 60.2 Å². The molecule has 4 rings (SSSR count). The number of aliphatic hydroxyl groups is 1. The van der Waals surface area contributed by atoms with Crippen LogP contribution in [0.1, 0.15) is 39.2 Å². The third-order valence-electron chi connectivity index (χ3n) is 7.09. The lowest BCUT2D eigenvalue weighted by atomic mass is 9.80. The van der Waals surface area contributed by atoms with Crippen molar-refractivity contribution in [3.63, 3.8) is 0 Å². The molecule has 2 amide bonds. The Balaban J connectivity index is 1.37. The van der Waals surface area contributed by atoms with E-state index in [2.05, 4.69) is 22.3 Å². The molecule has 0 bridgehead atoms. The molecule has 0 saturated carbocycles. The standard InChI is InChI=1S/C27H35N3O4/c1-4-30-25(32)23(24(31)19(2)3)28-26(33)27(30)14-16-29(17-15-27)18-20-10-12-22(13-11-20)34-21-8-6-5-7-9-21/h5-13,19,23-24,31H,4,14-18H2,1-3H3,(H,28,33)/t23-,24-/m1/s1. The van der Waals surface area contributed by atoms with Crippen molar-refractivity contribution in [2.45, 2.75) is 57.8 Å². The first-order valence-electron chi connectivity index (χ1n) is 12.2. The molecule has 7 heteroatoms. The van der Waals surface area contributed by atoms with Gasteiger partial charge in [0.1, 0.15) is 23.1 Å². The highest BCUT2D eigenvalue weighted by Gasteiger charge is 2.54. The average Bonchev–Trinajstić information content (AvgIpc) is 2.84. The summed E-state index contributed by atoms with van der Waals surface area (Å²) in [5, 5.41) is 13.3. The van der Waals surface area contributed by atoms with Crippen LogP contribution >= 0.6 is 0 Å². The van der Waals surface area contributed by atoms with Gasteiger partial charge in [0.25, 0.3) is 0 Å². The number of likely N-dealkylation sites (N-methyl/N-ethyl adjacent to an activating group) is 1. The van der Waals surface area contributed by atoms with Crippen molar-refractivity contribution >= 4 is 11.8 Å². The minimum Gasteiger partial charge on any atom is -0.457 e. The number of likely N-dealkylation sites (tertiary alicyclic amines) is 1. The number of carbonyl (C=O) groups excluding carboxylic acids is 2. The van der Waals surface area contributed by atoms with Crippen LogP contribution in [-0.2, 0) is 16.1 Å². The lowest BCUT2D eigenvalue weighted by molar-refractivity contribution is -0.165. The van der Waals surface area contributed by atoms with Crippen LogP contribution in [0.3, 0.4) is 0 Å². The molecule has 0 aliphatic carbocycles. The zero-order chi connectivity index (χ0) is 24.3. The van der Waals surface area contributed by atoms with E-state index in [-0.39, 0.29) is 17.7 Å². The average molecular weight is 466 g/mol. The van der Waals surface area contributed by atoms with Crippen LogP contribution in [0, 0.1) is 5.92 Å². The fourth-order valence-electron chi connectivity index (χ4n) is 5.04. The van der Waals surface area contributed by atoms with Gasteiger partial charge in [-0.15, -0.1) is 0 Å². The first-order chi connectivity index (χ1) is 16.3. The number of hydrogen-bond acceptors (Lipinski definition) is 5. The van der Waals surface area contributed by atoms with E-state index in [0.29, 0.717) is 19.4 Å². The van der Waals surface area contributed by atoms with Crippen molar-refractivity contribution in [3.8, 4) is 11.5 Å². The minimum absolute atomic E-state index is 0.117. The lowest BCUT2D eigenvalue weighted by Crippen LogP contribution is -2.74. The van der Waals surface area contributed by atoms with E-state index in [1.54, 1.807) is 4.90 Å². The maximum absolute atomic E-state index is 13.2. The van der Waals surface area contributed by atoms with Gasteiger partial charge in [-0.25, -0.2) is 0 Å². The van der Waals surface area contributed by atoms with Gasteiger partial charge in [-0.05, 0) is 55.5 Å². The number of rotatable bonds is 7. The van der Waals surface area contributed by atoms with Crippen molar-refractivity contribution < 1.29 is 19.4 Å². The molecule has 2 aliphatic heterocycles. The number of nitrogens with one attached hydrogen (secondary N) is 1. The fourth-order valence-corrected chi connectivity index (χ4v) is 5.04. The van der Waals surface area contributed by atoms with Crippen molar-refractivity contribution in [2.24, 2.45) is 5.92 Å². The Hall–Kier alpha value is -2.90. The molecular formula is C27H35N3O4. The highest BCUT2D eigenvalue weighted by atomic mass is 16.5. The second-order valence-corrected chi connectivity index (χ2v) is 9.64. The molecule has 2 aromatic carbocycles. The Bertz CT molecular complexity index is 985. The number of piperazine rings is 1. The van der Waals surface area contributed by atoms with Crippen LogP contribution in [0.2, 0.25) is 0 Å². The van der Waals surface area contributed by atoms with E-state index in [1.807, 2.05) is 63.2 Å². The third kappa shape index (κ3) is 4.81. The van der Waals surface area contributed by atoms with Crippen molar-refractivity contribution in [1.82, 2.24) is 15.1 Å². The molecule has 7 nitrogen and oxygen atoms in total. The molecule has 34 heavy (non-hydrogen) atoms. The second-order valence-electron chi connectivity index (χ2n) is 9.64. The number of ether oxygens (including phenoxy) is 1. The van der Waals surface area contributed by atoms with Gasteiger partial charge >= 0.3 is 0 Å². The van der Waals surface area contributed by atoms with Crippen LogP contribution in [0.15, 0.2) is 54.6 Å². The molecule has 182 valence electrons. The van der Waals surface area contributed by atoms with Crippen LogP contribution in [0.4, 0.5) is 0 Å². The molecule has 0 aromatic heterocycles. The molecule has 2 aromatic rings. The maximum Gasteiger partial charge on any atom is 0.248 e. The maximum atomic E-state index is 13.2. The van der Waals surface area contributed by atoms with Gasteiger partial charge in [-0.3, -0.25) is 14.5 Å². The summed E-state index contributed by atoms with van der Waals surface area (Å²) < 4.78 is 5.87. The van der Waals surface area contributed by atoms with Gasteiger partial charge in [0.2, 0.25) is 11.8 Å². The predicted octanol–water partition coefficient (Wildman–Crippen LogP) is 3.18. The van der Waals surface area contributed by atoms with Gasteiger partial charge in [0.15, 0.2) is 0 Å². The zero-order valence-electron chi connectivity index (χ0n) is 20.2. The Morgan fingerprint density at radius 3 is 2.24 bits per heavy atom. The number of aliphatic hydroxyl groups excluding tert-OH is 1. The van der Waals surface area contributed by atoms with E-state index in [0.717, 1.165) is 31.1 Å². The summed E-state index contributed by atoms with van der Waals surface area (Å²) in [5.41, 5.74) is 0.344. The number of nitrogens with zero attached hydrogens (tertiary/aromatic N) is 2. The summed E-state index contributed by atoms with van der Waals surface area (Å²) in [4.78, 5) is 30.4. The first kappa shape index (κ1) is 24.2. The van der Waals surface area contributed by atoms with Crippen LogP contribution < -0.4 is 10.1 Å². The molecule has 1 spiro atoms. The highest BCUT2D eigenvalue weighted by Crippen LogP contribution is 2.34. The number of para-hydroxylation sites is 1. The summed E-state index contributed by atoms with van der Waals surface area (Å²) in [6, 6.07) is 16.9. The second kappa shape index (κ2) is 10.2. The van der Waals surface area contributed by atoms with Gasteiger partial charge in [-0.1, -0.05) is 44.2 Å². The van der Waals surface area contributed by atoms with Gasteiger partial charge in [0, 0.05) is 26.2 Å².